The summed E-state index contributed by atoms with van der Waals surface area (Å²) in [6.07, 6.45) is 9.04. The molecule has 6 nitrogen and oxygen atoms in total. The van der Waals surface area contributed by atoms with Gasteiger partial charge in [-0.2, -0.15) is 0 Å². The van der Waals surface area contributed by atoms with Gasteiger partial charge < -0.3 is 9.38 Å². The number of hydrogen-bond acceptors (Lipinski definition) is 4. The van der Waals surface area contributed by atoms with E-state index in [9.17, 15) is 4.79 Å². The van der Waals surface area contributed by atoms with Crippen molar-refractivity contribution >= 4 is 5.65 Å². The quantitative estimate of drug-likeness (QED) is 0.740. The van der Waals surface area contributed by atoms with Crippen molar-refractivity contribution in [3.63, 3.8) is 0 Å². The summed E-state index contributed by atoms with van der Waals surface area (Å²) >= 11 is 0. The fourth-order valence-electron chi connectivity index (χ4n) is 4.97. The number of imidazole rings is 1. The predicted octanol–water partition coefficient (Wildman–Crippen LogP) is 3.64. The molecule has 1 aliphatic carbocycles. The van der Waals surface area contributed by atoms with Crippen molar-refractivity contribution in [2.24, 2.45) is 0 Å². The minimum absolute atomic E-state index is 0.0611. The van der Waals surface area contributed by atoms with Crippen LogP contribution in [0.25, 0.3) is 5.65 Å². The zero-order valence-electron chi connectivity index (χ0n) is 17.4. The number of rotatable bonds is 3. The lowest BCUT2D eigenvalue weighted by Gasteiger charge is -2.29. The molecule has 0 saturated heterocycles. The van der Waals surface area contributed by atoms with Gasteiger partial charge in [-0.25, -0.2) is 9.97 Å². The molecule has 3 aromatic rings. The van der Waals surface area contributed by atoms with Crippen molar-refractivity contribution in [2.45, 2.75) is 71.4 Å². The Hall–Kier alpha value is -2.47. The summed E-state index contributed by atoms with van der Waals surface area (Å²) in [5, 5.41) is 0. The van der Waals surface area contributed by atoms with Gasteiger partial charge in [-0.15, -0.1) is 0 Å². The van der Waals surface area contributed by atoms with Crippen molar-refractivity contribution < 1.29 is 0 Å². The number of aryl methyl sites for hydroxylation is 2. The molecule has 6 heteroatoms. The first-order chi connectivity index (χ1) is 14.1. The Balaban J connectivity index is 1.40. The minimum atomic E-state index is 0.0611. The first kappa shape index (κ1) is 18.6. The maximum Gasteiger partial charge on any atom is 0.255 e. The molecular formula is C23H29N5O. The zero-order valence-corrected chi connectivity index (χ0v) is 17.4. The second-order valence-corrected chi connectivity index (χ2v) is 8.70. The van der Waals surface area contributed by atoms with E-state index in [-0.39, 0.29) is 5.56 Å². The SMILES string of the molecule is Cc1nc2c(C)cccn2c1CN1CCc2nc(C3CCCCC3)[nH]c(=O)c2C1. The highest BCUT2D eigenvalue weighted by Gasteiger charge is 2.25. The van der Waals surface area contributed by atoms with E-state index in [1.165, 1.54) is 30.5 Å². The summed E-state index contributed by atoms with van der Waals surface area (Å²) in [6, 6.07) is 4.16. The third-order valence-corrected chi connectivity index (χ3v) is 6.68. The van der Waals surface area contributed by atoms with Crippen LogP contribution >= 0.6 is 0 Å². The van der Waals surface area contributed by atoms with Crippen LogP contribution < -0.4 is 5.56 Å². The summed E-state index contributed by atoms with van der Waals surface area (Å²) in [5.41, 5.74) is 6.39. The van der Waals surface area contributed by atoms with Crippen LogP contribution in [0.5, 0.6) is 0 Å². The van der Waals surface area contributed by atoms with Crippen LogP contribution in [0, 0.1) is 13.8 Å². The fraction of sp³-hybridized carbons (Fsp3) is 0.522. The van der Waals surface area contributed by atoms with E-state index in [0.29, 0.717) is 12.5 Å². The van der Waals surface area contributed by atoms with Crippen LogP contribution in [0.1, 0.15) is 72.1 Å². The van der Waals surface area contributed by atoms with Crippen LogP contribution in [-0.2, 0) is 19.5 Å². The topological polar surface area (TPSA) is 66.3 Å². The predicted molar refractivity (Wildman–Crippen MR) is 113 cm³/mol. The van der Waals surface area contributed by atoms with Gasteiger partial charge in [-0.05, 0) is 38.3 Å². The fourth-order valence-corrected chi connectivity index (χ4v) is 4.97. The Morgan fingerprint density at radius 2 is 2.00 bits per heavy atom. The van der Waals surface area contributed by atoms with Gasteiger partial charge in [0.05, 0.1) is 22.6 Å². The summed E-state index contributed by atoms with van der Waals surface area (Å²) in [7, 11) is 0. The van der Waals surface area contributed by atoms with E-state index in [0.717, 1.165) is 60.8 Å². The lowest BCUT2D eigenvalue weighted by molar-refractivity contribution is 0.237. The molecule has 5 rings (SSSR count). The van der Waals surface area contributed by atoms with E-state index >= 15 is 0 Å². The Labute approximate surface area is 171 Å². The van der Waals surface area contributed by atoms with Gasteiger partial charge in [0.2, 0.25) is 0 Å². The molecule has 4 heterocycles. The molecule has 1 fully saturated rings. The molecule has 0 radical (unpaired) electrons. The summed E-state index contributed by atoms with van der Waals surface area (Å²) in [4.78, 5) is 28.0. The van der Waals surface area contributed by atoms with Crippen molar-refractivity contribution in [2.75, 3.05) is 6.54 Å². The van der Waals surface area contributed by atoms with Crippen molar-refractivity contribution in [1.82, 2.24) is 24.3 Å². The second kappa shape index (κ2) is 7.41. The molecule has 0 aromatic carbocycles. The number of H-pyrrole nitrogens is 1. The third-order valence-electron chi connectivity index (χ3n) is 6.68. The molecule has 0 amide bonds. The van der Waals surface area contributed by atoms with Crippen LogP contribution in [0.2, 0.25) is 0 Å². The summed E-state index contributed by atoms with van der Waals surface area (Å²) in [6.45, 7) is 6.54. The zero-order chi connectivity index (χ0) is 20.0. The van der Waals surface area contributed by atoms with Crippen molar-refractivity contribution in [3.05, 3.63) is 62.7 Å². The summed E-state index contributed by atoms with van der Waals surface area (Å²) < 4.78 is 2.19. The van der Waals surface area contributed by atoms with E-state index in [4.69, 9.17) is 9.97 Å². The Kier molecular flexibility index (Phi) is 4.74. The first-order valence-electron chi connectivity index (χ1n) is 10.9. The smallest absolute Gasteiger partial charge is 0.255 e. The highest BCUT2D eigenvalue weighted by atomic mass is 16.1. The van der Waals surface area contributed by atoms with Gasteiger partial charge in [0, 0.05) is 38.2 Å². The van der Waals surface area contributed by atoms with E-state index in [2.05, 4.69) is 46.5 Å². The van der Waals surface area contributed by atoms with Crippen molar-refractivity contribution in [1.29, 1.82) is 0 Å². The van der Waals surface area contributed by atoms with Crippen LogP contribution in [-0.4, -0.2) is 30.8 Å². The summed E-state index contributed by atoms with van der Waals surface area (Å²) in [5.74, 6) is 1.36. The van der Waals surface area contributed by atoms with Gasteiger partial charge >= 0.3 is 0 Å². The highest BCUT2D eigenvalue weighted by molar-refractivity contribution is 5.50. The average molecular weight is 392 g/mol. The van der Waals surface area contributed by atoms with E-state index in [1.807, 2.05) is 0 Å². The van der Waals surface area contributed by atoms with Gasteiger partial charge in [0.25, 0.3) is 5.56 Å². The van der Waals surface area contributed by atoms with Crippen LogP contribution in [0.3, 0.4) is 0 Å². The van der Waals surface area contributed by atoms with Crippen LogP contribution in [0.15, 0.2) is 23.1 Å². The Morgan fingerprint density at radius 1 is 1.17 bits per heavy atom. The van der Waals surface area contributed by atoms with E-state index in [1.54, 1.807) is 0 Å². The molecule has 0 bridgehead atoms. The van der Waals surface area contributed by atoms with Gasteiger partial charge in [0.1, 0.15) is 11.5 Å². The molecule has 1 saturated carbocycles. The maximum atomic E-state index is 12.9. The number of hydrogen-bond donors (Lipinski definition) is 1. The van der Waals surface area contributed by atoms with Gasteiger partial charge in [0.15, 0.2) is 0 Å². The van der Waals surface area contributed by atoms with Crippen molar-refractivity contribution in [3.8, 4) is 0 Å². The molecule has 2 aliphatic rings. The van der Waals surface area contributed by atoms with E-state index < -0.39 is 0 Å². The normalized spacial score (nSPS) is 18.3. The van der Waals surface area contributed by atoms with Gasteiger partial charge in [-0.1, -0.05) is 25.3 Å². The average Bonchev–Trinajstić information content (AvgIpc) is 3.06. The molecule has 0 spiro atoms. The first-order valence-corrected chi connectivity index (χ1v) is 10.9. The molecule has 1 aliphatic heterocycles. The van der Waals surface area contributed by atoms with Gasteiger partial charge in [-0.3, -0.25) is 9.69 Å². The third kappa shape index (κ3) is 3.39. The lowest BCUT2D eigenvalue weighted by Crippen LogP contribution is -2.36. The minimum Gasteiger partial charge on any atom is -0.310 e. The number of aromatic nitrogens is 4. The Morgan fingerprint density at radius 3 is 2.83 bits per heavy atom. The molecule has 3 aromatic heterocycles. The highest BCUT2D eigenvalue weighted by Crippen LogP contribution is 2.31. The molecule has 29 heavy (non-hydrogen) atoms. The lowest BCUT2D eigenvalue weighted by atomic mass is 9.88. The Bertz CT molecular complexity index is 1110. The molecule has 0 atom stereocenters. The molecule has 152 valence electrons. The monoisotopic (exact) mass is 391 g/mol. The number of nitrogens with one attached hydrogen (secondary N) is 1. The number of fused-ring (bicyclic) bond motifs is 2. The number of aromatic amines is 1. The van der Waals surface area contributed by atoms with Crippen LogP contribution in [0.4, 0.5) is 0 Å². The number of nitrogens with zero attached hydrogens (tertiary/aromatic N) is 4. The molecular weight excluding hydrogens is 362 g/mol. The largest absolute Gasteiger partial charge is 0.310 e. The molecule has 1 N–H and O–H groups in total. The standard InChI is InChI=1S/C23H29N5O/c1-15-7-6-11-28-20(16(2)24-22(15)28)14-27-12-10-19-18(13-27)23(29)26-21(25-19)17-8-4-3-5-9-17/h6-7,11,17H,3-5,8-10,12-14H2,1-2H3,(H,25,26,29). The second-order valence-electron chi connectivity index (χ2n) is 8.70. The maximum absolute atomic E-state index is 12.9. The number of pyridine rings is 1. The molecule has 0 unspecified atom stereocenters.